The summed E-state index contributed by atoms with van der Waals surface area (Å²) in [6, 6.07) is 22.4. The van der Waals surface area contributed by atoms with Gasteiger partial charge in [0.05, 0.1) is 7.11 Å². The van der Waals surface area contributed by atoms with Crippen molar-refractivity contribution in [1.82, 2.24) is 0 Å². The first-order valence-electron chi connectivity index (χ1n) is 8.36. The van der Waals surface area contributed by atoms with Crippen LogP contribution in [-0.4, -0.2) is 7.11 Å². The summed E-state index contributed by atoms with van der Waals surface area (Å²) in [5, 5.41) is 0. The molecule has 0 aliphatic rings. The van der Waals surface area contributed by atoms with Crippen molar-refractivity contribution in [2.45, 2.75) is 20.1 Å². The summed E-state index contributed by atoms with van der Waals surface area (Å²) < 4.78 is 11.4. The molecular weight excluding hydrogens is 310 g/mol. The Balaban J connectivity index is 1.90. The molecule has 0 bridgehead atoms. The van der Waals surface area contributed by atoms with Crippen molar-refractivity contribution in [2.24, 2.45) is 5.73 Å². The first-order chi connectivity index (χ1) is 12.2. The van der Waals surface area contributed by atoms with Crippen LogP contribution in [-0.2, 0) is 13.2 Å². The average molecular weight is 333 g/mol. The highest BCUT2D eigenvalue weighted by Crippen LogP contribution is 2.32. The van der Waals surface area contributed by atoms with E-state index in [1.807, 2.05) is 36.4 Å². The highest BCUT2D eigenvalue weighted by Gasteiger charge is 2.11. The number of nitrogens with two attached hydrogens (primary N) is 1. The van der Waals surface area contributed by atoms with E-state index in [0.29, 0.717) is 13.2 Å². The summed E-state index contributed by atoms with van der Waals surface area (Å²) in [4.78, 5) is 0. The van der Waals surface area contributed by atoms with Crippen LogP contribution in [0.25, 0.3) is 11.1 Å². The molecule has 0 saturated carbocycles. The molecule has 0 fully saturated rings. The Morgan fingerprint density at radius 2 is 1.68 bits per heavy atom. The molecule has 3 nitrogen and oxygen atoms in total. The van der Waals surface area contributed by atoms with Crippen LogP contribution < -0.4 is 15.2 Å². The molecule has 0 aromatic heterocycles. The van der Waals surface area contributed by atoms with Gasteiger partial charge in [-0.3, -0.25) is 0 Å². The van der Waals surface area contributed by atoms with Gasteiger partial charge in [-0.1, -0.05) is 42.5 Å². The summed E-state index contributed by atoms with van der Waals surface area (Å²) in [5.74, 6) is 1.71. The Bertz CT molecular complexity index is 844. The molecule has 0 saturated heterocycles. The van der Waals surface area contributed by atoms with Gasteiger partial charge in [0.25, 0.3) is 0 Å². The van der Waals surface area contributed by atoms with E-state index in [1.54, 1.807) is 7.11 Å². The van der Waals surface area contributed by atoms with Crippen molar-refractivity contribution in [3.05, 3.63) is 83.4 Å². The lowest BCUT2D eigenvalue weighted by Gasteiger charge is -2.16. The zero-order chi connectivity index (χ0) is 17.6. The van der Waals surface area contributed by atoms with Gasteiger partial charge >= 0.3 is 0 Å². The van der Waals surface area contributed by atoms with Crippen LogP contribution in [0.2, 0.25) is 0 Å². The second kappa shape index (κ2) is 7.86. The third-order valence-electron chi connectivity index (χ3n) is 4.20. The molecule has 3 aromatic carbocycles. The van der Waals surface area contributed by atoms with Gasteiger partial charge in [0.1, 0.15) is 18.1 Å². The lowest BCUT2D eigenvalue weighted by atomic mass is 9.99. The van der Waals surface area contributed by atoms with E-state index in [9.17, 15) is 0 Å². The zero-order valence-electron chi connectivity index (χ0n) is 14.7. The summed E-state index contributed by atoms with van der Waals surface area (Å²) in [5.41, 5.74) is 11.4. The number of aryl methyl sites for hydroxylation is 1. The van der Waals surface area contributed by atoms with E-state index in [4.69, 9.17) is 15.2 Å². The van der Waals surface area contributed by atoms with E-state index in [2.05, 4.69) is 37.3 Å². The lowest BCUT2D eigenvalue weighted by molar-refractivity contribution is 0.301. The van der Waals surface area contributed by atoms with Crippen LogP contribution in [0.1, 0.15) is 16.7 Å². The van der Waals surface area contributed by atoms with E-state index >= 15 is 0 Å². The van der Waals surface area contributed by atoms with Crippen molar-refractivity contribution in [1.29, 1.82) is 0 Å². The fourth-order valence-corrected chi connectivity index (χ4v) is 2.90. The SMILES string of the molecule is COc1cccc(-c2cc(C)c(OCc3ccccc3)c(CN)c2)c1. The minimum Gasteiger partial charge on any atom is -0.497 e. The van der Waals surface area contributed by atoms with Gasteiger partial charge in [0.2, 0.25) is 0 Å². The van der Waals surface area contributed by atoms with Gasteiger partial charge in [0.15, 0.2) is 0 Å². The normalized spacial score (nSPS) is 10.5. The summed E-state index contributed by atoms with van der Waals surface area (Å²) >= 11 is 0. The van der Waals surface area contributed by atoms with Crippen molar-refractivity contribution in [2.75, 3.05) is 7.11 Å². The fourth-order valence-electron chi connectivity index (χ4n) is 2.90. The Hall–Kier alpha value is -2.78. The van der Waals surface area contributed by atoms with Crippen LogP contribution in [0.3, 0.4) is 0 Å². The minimum absolute atomic E-state index is 0.433. The number of methoxy groups -OCH3 is 1. The molecule has 0 spiro atoms. The van der Waals surface area contributed by atoms with Gasteiger partial charge in [-0.05, 0) is 53.4 Å². The van der Waals surface area contributed by atoms with Gasteiger partial charge < -0.3 is 15.2 Å². The van der Waals surface area contributed by atoms with Gasteiger partial charge in [0, 0.05) is 12.1 Å². The molecule has 0 heterocycles. The predicted molar refractivity (Wildman–Crippen MR) is 102 cm³/mol. The maximum atomic E-state index is 6.08. The molecular formula is C22H23NO2. The summed E-state index contributed by atoms with van der Waals surface area (Å²) in [7, 11) is 1.68. The van der Waals surface area contributed by atoms with E-state index in [0.717, 1.165) is 39.3 Å². The molecule has 3 rings (SSSR count). The highest BCUT2D eigenvalue weighted by atomic mass is 16.5. The number of hydrogen-bond acceptors (Lipinski definition) is 3. The zero-order valence-corrected chi connectivity index (χ0v) is 14.7. The maximum absolute atomic E-state index is 6.08. The average Bonchev–Trinajstić information content (AvgIpc) is 2.67. The molecule has 3 heteroatoms. The predicted octanol–water partition coefficient (Wildman–Crippen LogP) is 4.71. The Labute approximate surface area is 149 Å². The number of rotatable bonds is 6. The van der Waals surface area contributed by atoms with Crippen LogP contribution in [0.4, 0.5) is 0 Å². The molecule has 0 radical (unpaired) electrons. The van der Waals surface area contributed by atoms with Gasteiger partial charge in [-0.25, -0.2) is 0 Å². The largest absolute Gasteiger partial charge is 0.497 e. The summed E-state index contributed by atoms with van der Waals surface area (Å²) in [6.45, 7) is 3.03. The molecule has 2 N–H and O–H groups in total. The topological polar surface area (TPSA) is 44.5 Å². The second-order valence-corrected chi connectivity index (χ2v) is 5.99. The standard InChI is InChI=1S/C22H23NO2/c1-16-11-19(18-9-6-10-21(13-18)24-2)12-20(14-23)22(16)25-15-17-7-4-3-5-8-17/h3-13H,14-15,23H2,1-2H3. The first kappa shape index (κ1) is 17.1. The second-order valence-electron chi connectivity index (χ2n) is 5.99. The van der Waals surface area contributed by atoms with Crippen LogP contribution in [0, 0.1) is 6.92 Å². The van der Waals surface area contributed by atoms with Gasteiger partial charge in [-0.2, -0.15) is 0 Å². The Morgan fingerprint density at radius 3 is 2.40 bits per heavy atom. The van der Waals surface area contributed by atoms with Crippen molar-refractivity contribution >= 4 is 0 Å². The Kier molecular flexibility index (Phi) is 5.36. The number of ether oxygens (including phenoxy) is 2. The smallest absolute Gasteiger partial charge is 0.127 e. The molecule has 0 atom stereocenters. The quantitative estimate of drug-likeness (QED) is 0.710. The molecule has 0 unspecified atom stereocenters. The van der Waals surface area contributed by atoms with E-state index < -0.39 is 0 Å². The van der Waals surface area contributed by atoms with Crippen LogP contribution in [0.5, 0.6) is 11.5 Å². The summed E-state index contributed by atoms with van der Waals surface area (Å²) in [6.07, 6.45) is 0. The number of hydrogen-bond donors (Lipinski definition) is 1. The molecule has 128 valence electrons. The fraction of sp³-hybridized carbons (Fsp3) is 0.182. The van der Waals surface area contributed by atoms with Crippen molar-refractivity contribution < 1.29 is 9.47 Å². The number of benzene rings is 3. The van der Waals surface area contributed by atoms with Crippen molar-refractivity contribution in [3.63, 3.8) is 0 Å². The first-order valence-corrected chi connectivity index (χ1v) is 8.36. The molecule has 0 amide bonds. The van der Waals surface area contributed by atoms with Gasteiger partial charge in [-0.15, -0.1) is 0 Å². The lowest BCUT2D eigenvalue weighted by Crippen LogP contribution is -2.05. The maximum Gasteiger partial charge on any atom is 0.127 e. The van der Waals surface area contributed by atoms with Crippen LogP contribution in [0.15, 0.2) is 66.7 Å². The monoisotopic (exact) mass is 333 g/mol. The minimum atomic E-state index is 0.433. The molecule has 3 aromatic rings. The molecule has 0 aliphatic heterocycles. The Morgan fingerprint density at radius 1 is 0.880 bits per heavy atom. The third kappa shape index (κ3) is 4.01. The molecule has 0 aliphatic carbocycles. The van der Waals surface area contributed by atoms with E-state index in [1.165, 1.54) is 0 Å². The third-order valence-corrected chi connectivity index (χ3v) is 4.20. The highest BCUT2D eigenvalue weighted by molar-refractivity contribution is 5.68. The molecule has 25 heavy (non-hydrogen) atoms. The van der Waals surface area contributed by atoms with Crippen LogP contribution >= 0.6 is 0 Å². The van der Waals surface area contributed by atoms with E-state index in [-0.39, 0.29) is 0 Å². The van der Waals surface area contributed by atoms with Crippen molar-refractivity contribution in [3.8, 4) is 22.6 Å².